The van der Waals surface area contributed by atoms with Crippen molar-refractivity contribution in [1.29, 1.82) is 0 Å². The number of aromatic nitrogens is 3. The number of rotatable bonds is 9. The van der Waals surface area contributed by atoms with E-state index in [0.29, 0.717) is 30.3 Å². The van der Waals surface area contributed by atoms with Crippen molar-refractivity contribution in [2.24, 2.45) is 0 Å². The van der Waals surface area contributed by atoms with Gasteiger partial charge < -0.3 is 24.4 Å². The number of hydrogen-bond donors (Lipinski definition) is 2. The van der Waals surface area contributed by atoms with Crippen LogP contribution in [0.2, 0.25) is 0 Å². The lowest BCUT2D eigenvalue weighted by molar-refractivity contribution is -0.0439. The summed E-state index contributed by atoms with van der Waals surface area (Å²) in [7, 11) is 3.29. The Balaban J connectivity index is 1.18. The van der Waals surface area contributed by atoms with Gasteiger partial charge in [0.15, 0.2) is 12.1 Å². The Morgan fingerprint density at radius 1 is 0.977 bits per heavy atom. The number of hydrogen-bond acceptors (Lipinski definition) is 8. The summed E-state index contributed by atoms with van der Waals surface area (Å²) in [4.78, 5) is 7.49. The van der Waals surface area contributed by atoms with Crippen molar-refractivity contribution in [3.63, 3.8) is 0 Å². The molecule has 226 valence electrons. The van der Waals surface area contributed by atoms with Crippen molar-refractivity contribution in [1.82, 2.24) is 19.7 Å². The third-order valence-corrected chi connectivity index (χ3v) is 8.85. The zero-order valence-electron chi connectivity index (χ0n) is 25.1. The number of aryl methyl sites for hydroxylation is 1. The molecule has 9 heteroatoms. The average molecular weight is 585 g/mol. The minimum absolute atomic E-state index is 0.168. The Morgan fingerprint density at radius 3 is 2.56 bits per heavy atom. The van der Waals surface area contributed by atoms with Crippen molar-refractivity contribution < 1.29 is 24.4 Å². The first-order chi connectivity index (χ1) is 20.9. The number of methoxy groups -OCH3 is 2. The standard InChI is InChI=1S/C34H40N4O5/c1-22-6-4-7-28(30-8-5-9-31(36-30)38-33(42-3)29(19-35-38)34(39)40)32(22)43-21-23-10-11-25-20-37(17-16-24(25)18-23)26-12-14-27(41-2)15-13-26/h4-11,18-19,26-27,34,39-40H,12-17,20-21H2,1-3H3. The van der Waals surface area contributed by atoms with Gasteiger partial charge in [0, 0.05) is 31.8 Å². The molecule has 1 fully saturated rings. The van der Waals surface area contributed by atoms with E-state index in [1.54, 1.807) is 6.07 Å². The first-order valence-corrected chi connectivity index (χ1v) is 15.0. The molecule has 0 saturated heterocycles. The van der Waals surface area contributed by atoms with E-state index in [1.807, 2.05) is 44.4 Å². The zero-order valence-corrected chi connectivity index (χ0v) is 25.1. The van der Waals surface area contributed by atoms with Crippen LogP contribution in [0.1, 0.15) is 59.8 Å². The largest absolute Gasteiger partial charge is 0.488 e. The fraction of sp³-hybridized carbons (Fsp3) is 0.412. The molecule has 2 aromatic carbocycles. The molecule has 1 aliphatic heterocycles. The smallest absolute Gasteiger partial charge is 0.226 e. The van der Waals surface area contributed by atoms with Crippen LogP contribution in [0.3, 0.4) is 0 Å². The zero-order chi connectivity index (χ0) is 29.9. The first kappa shape index (κ1) is 29.3. The summed E-state index contributed by atoms with van der Waals surface area (Å²) in [5.74, 6) is 1.49. The van der Waals surface area contributed by atoms with Crippen LogP contribution in [-0.4, -0.2) is 62.8 Å². The second-order valence-electron chi connectivity index (χ2n) is 11.5. The maximum Gasteiger partial charge on any atom is 0.226 e. The van der Waals surface area contributed by atoms with Crippen LogP contribution in [0.4, 0.5) is 0 Å². The van der Waals surface area contributed by atoms with E-state index < -0.39 is 6.29 Å². The third kappa shape index (κ3) is 6.17. The Bertz CT molecular complexity index is 1560. The van der Waals surface area contributed by atoms with E-state index >= 15 is 0 Å². The van der Waals surface area contributed by atoms with Crippen LogP contribution in [-0.2, 0) is 24.3 Å². The number of ether oxygens (including phenoxy) is 3. The van der Waals surface area contributed by atoms with E-state index in [2.05, 4.69) is 28.2 Å². The van der Waals surface area contributed by atoms with Crippen molar-refractivity contribution in [2.75, 3.05) is 20.8 Å². The van der Waals surface area contributed by atoms with Gasteiger partial charge in [0.25, 0.3) is 0 Å². The van der Waals surface area contributed by atoms with Crippen molar-refractivity contribution in [3.05, 3.63) is 88.6 Å². The molecule has 0 atom stereocenters. The van der Waals surface area contributed by atoms with Gasteiger partial charge in [0.2, 0.25) is 5.88 Å². The molecule has 1 saturated carbocycles. The van der Waals surface area contributed by atoms with Gasteiger partial charge >= 0.3 is 0 Å². The first-order valence-electron chi connectivity index (χ1n) is 15.0. The van der Waals surface area contributed by atoms with Gasteiger partial charge in [-0.05, 0) is 79.5 Å². The predicted octanol–water partition coefficient (Wildman–Crippen LogP) is 5.13. The quantitative estimate of drug-likeness (QED) is 0.261. The van der Waals surface area contributed by atoms with Gasteiger partial charge in [0.1, 0.15) is 12.4 Å². The fourth-order valence-electron chi connectivity index (χ4n) is 6.46. The fourth-order valence-corrected chi connectivity index (χ4v) is 6.46. The molecule has 9 nitrogen and oxygen atoms in total. The Kier molecular flexibility index (Phi) is 8.76. The number of pyridine rings is 1. The highest BCUT2D eigenvalue weighted by Gasteiger charge is 2.28. The molecular formula is C34H40N4O5. The normalized spacial score (nSPS) is 18.9. The van der Waals surface area contributed by atoms with Crippen LogP contribution in [0.5, 0.6) is 11.6 Å². The Morgan fingerprint density at radius 2 is 1.79 bits per heavy atom. The van der Waals surface area contributed by atoms with Crippen molar-refractivity contribution in [2.45, 2.75) is 70.6 Å². The summed E-state index contributed by atoms with van der Waals surface area (Å²) >= 11 is 0. The number of benzene rings is 2. The van der Waals surface area contributed by atoms with Crippen molar-refractivity contribution >= 4 is 0 Å². The third-order valence-electron chi connectivity index (χ3n) is 8.85. The number of para-hydroxylation sites is 1. The van der Waals surface area contributed by atoms with E-state index in [0.717, 1.165) is 54.8 Å². The molecule has 2 aliphatic rings. The lowest BCUT2D eigenvalue weighted by Gasteiger charge is -2.39. The number of fused-ring (bicyclic) bond motifs is 1. The molecule has 4 aromatic rings. The Hall–Kier alpha value is -3.76. The topological polar surface area (TPSA) is 102 Å². The summed E-state index contributed by atoms with van der Waals surface area (Å²) in [5.41, 5.74) is 6.76. The molecular weight excluding hydrogens is 544 g/mol. The van der Waals surface area contributed by atoms with E-state index in [4.69, 9.17) is 19.2 Å². The number of aliphatic hydroxyl groups excluding tert-OH is 1. The molecule has 0 radical (unpaired) electrons. The minimum atomic E-state index is -1.70. The van der Waals surface area contributed by atoms with Gasteiger partial charge in [0.05, 0.1) is 30.7 Å². The van der Waals surface area contributed by atoms with Crippen LogP contribution >= 0.6 is 0 Å². The maximum atomic E-state index is 9.67. The summed E-state index contributed by atoms with van der Waals surface area (Å²) in [6.45, 7) is 4.61. The van der Waals surface area contributed by atoms with Crippen LogP contribution < -0.4 is 9.47 Å². The Labute approximate surface area is 252 Å². The van der Waals surface area contributed by atoms with Crippen LogP contribution in [0, 0.1) is 6.92 Å². The summed E-state index contributed by atoms with van der Waals surface area (Å²) in [6.07, 6.45) is 5.92. The molecule has 0 bridgehead atoms. The van der Waals surface area contributed by atoms with Crippen LogP contribution in [0.25, 0.3) is 17.1 Å². The highest BCUT2D eigenvalue weighted by molar-refractivity contribution is 5.69. The molecule has 6 rings (SSSR count). The summed E-state index contributed by atoms with van der Waals surface area (Å²) in [6, 6.07) is 19.1. The van der Waals surface area contributed by atoms with E-state index in [-0.39, 0.29) is 11.4 Å². The molecule has 0 unspecified atom stereocenters. The van der Waals surface area contributed by atoms with Crippen molar-refractivity contribution in [3.8, 4) is 28.7 Å². The molecule has 2 N–H and O–H groups in total. The second kappa shape index (κ2) is 12.9. The lowest BCUT2D eigenvalue weighted by atomic mass is 9.89. The summed E-state index contributed by atoms with van der Waals surface area (Å²) < 4.78 is 18.9. The van der Waals surface area contributed by atoms with Gasteiger partial charge in [-0.1, -0.05) is 36.4 Å². The minimum Gasteiger partial charge on any atom is -0.488 e. The van der Waals surface area contributed by atoms with E-state index in [1.165, 1.54) is 42.0 Å². The molecule has 1 aliphatic carbocycles. The average Bonchev–Trinajstić information content (AvgIpc) is 3.49. The van der Waals surface area contributed by atoms with Gasteiger partial charge in [-0.25, -0.2) is 4.98 Å². The molecule has 43 heavy (non-hydrogen) atoms. The van der Waals surface area contributed by atoms with Gasteiger partial charge in [-0.15, -0.1) is 0 Å². The van der Waals surface area contributed by atoms with Gasteiger partial charge in [-0.2, -0.15) is 9.78 Å². The highest BCUT2D eigenvalue weighted by atomic mass is 16.5. The van der Waals surface area contributed by atoms with Gasteiger partial charge in [-0.3, -0.25) is 4.90 Å². The molecule has 0 spiro atoms. The monoisotopic (exact) mass is 584 g/mol. The highest BCUT2D eigenvalue weighted by Crippen LogP contribution is 2.35. The number of nitrogens with zero attached hydrogens (tertiary/aromatic N) is 4. The molecule has 0 amide bonds. The number of aliphatic hydroxyl groups is 2. The molecule has 2 aromatic heterocycles. The predicted molar refractivity (Wildman–Crippen MR) is 163 cm³/mol. The lowest BCUT2D eigenvalue weighted by Crippen LogP contribution is -2.42. The van der Waals surface area contributed by atoms with Crippen LogP contribution in [0.15, 0.2) is 60.8 Å². The second-order valence-corrected chi connectivity index (χ2v) is 11.5. The summed E-state index contributed by atoms with van der Waals surface area (Å²) in [5, 5.41) is 23.6. The SMILES string of the molecule is COc1c(C(O)O)cnn1-c1cccc(-c2cccc(C)c2OCc2ccc3c(c2)CCN(C2CCC(OC)CC2)C3)n1. The van der Waals surface area contributed by atoms with E-state index in [9.17, 15) is 10.2 Å². The maximum absolute atomic E-state index is 9.67. The molecule has 3 heterocycles.